The largest absolute Gasteiger partial charge is 0.376 e. The number of nitrogens with zero attached hydrogens (tertiary/aromatic N) is 3. The van der Waals surface area contributed by atoms with E-state index in [0.29, 0.717) is 17.8 Å². The molecule has 0 bridgehead atoms. The van der Waals surface area contributed by atoms with Crippen LogP contribution in [0.4, 0.5) is 5.95 Å². The molecule has 1 amide bonds. The number of hydrogen-bond acceptors (Lipinski definition) is 5. The molecule has 6 nitrogen and oxygen atoms in total. The zero-order valence-corrected chi connectivity index (χ0v) is 14.5. The Morgan fingerprint density at radius 1 is 1.40 bits per heavy atom. The highest BCUT2D eigenvalue weighted by Gasteiger charge is 2.25. The number of nitrogens with two attached hydrogens (primary N) is 1. The molecule has 2 aromatic rings. The molecular weight excluding hydrogens is 316 g/mol. The summed E-state index contributed by atoms with van der Waals surface area (Å²) in [5.41, 5.74) is 7.88. The van der Waals surface area contributed by atoms with Gasteiger partial charge in [0, 0.05) is 37.0 Å². The molecule has 0 saturated carbocycles. The number of hydrogen-bond donors (Lipinski definition) is 1. The van der Waals surface area contributed by atoms with Gasteiger partial charge in [-0.3, -0.25) is 4.79 Å². The van der Waals surface area contributed by atoms with Crippen molar-refractivity contribution in [2.75, 3.05) is 25.4 Å². The molecule has 2 heterocycles. The Morgan fingerprint density at radius 3 is 3.08 bits per heavy atom. The molecule has 1 atom stereocenters. The van der Waals surface area contributed by atoms with Crippen LogP contribution in [0.2, 0.25) is 0 Å². The summed E-state index contributed by atoms with van der Waals surface area (Å²) in [5, 5.41) is 0. The van der Waals surface area contributed by atoms with Gasteiger partial charge in [-0.2, -0.15) is 0 Å². The summed E-state index contributed by atoms with van der Waals surface area (Å²) in [6.07, 6.45) is 4.75. The maximum atomic E-state index is 12.9. The second-order valence-electron chi connectivity index (χ2n) is 6.27. The van der Waals surface area contributed by atoms with Crippen LogP contribution in [0.1, 0.15) is 36.5 Å². The van der Waals surface area contributed by atoms with Gasteiger partial charge in [-0.05, 0) is 37.5 Å². The molecule has 1 aromatic carbocycles. The average Bonchev–Trinajstić information content (AvgIpc) is 2.66. The molecule has 25 heavy (non-hydrogen) atoms. The van der Waals surface area contributed by atoms with Crippen molar-refractivity contribution >= 4 is 11.9 Å². The van der Waals surface area contributed by atoms with Gasteiger partial charge in [-0.1, -0.05) is 19.1 Å². The van der Waals surface area contributed by atoms with E-state index in [1.54, 1.807) is 12.3 Å². The maximum Gasteiger partial charge on any atom is 0.253 e. The van der Waals surface area contributed by atoms with Gasteiger partial charge in [0.2, 0.25) is 5.95 Å². The number of piperidine rings is 1. The zero-order valence-electron chi connectivity index (χ0n) is 14.5. The molecule has 1 saturated heterocycles. The molecule has 132 valence electrons. The summed E-state index contributed by atoms with van der Waals surface area (Å²) in [7, 11) is 0. The number of carbonyl (C=O) groups excluding carboxylic acids is 1. The van der Waals surface area contributed by atoms with Gasteiger partial charge < -0.3 is 15.4 Å². The first-order valence-electron chi connectivity index (χ1n) is 8.77. The molecule has 6 heteroatoms. The van der Waals surface area contributed by atoms with E-state index in [-0.39, 0.29) is 18.0 Å². The Morgan fingerprint density at radius 2 is 2.28 bits per heavy atom. The van der Waals surface area contributed by atoms with Crippen molar-refractivity contribution in [1.82, 2.24) is 14.9 Å². The first-order chi connectivity index (χ1) is 12.2. The molecule has 0 spiro atoms. The number of likely N-dealkylation sites (tertiary alicyclic amines) is 1. The molecule has 3 rings (SSSR count). The SMILES string of the molecule is CCCOC1CCCN(C(=O)c2cccc(-c3ccnc(N)n3)c2)C1. The third-order valence-electron chi connectivity index (χ3n) is 4.30. The van der Waals surface area contributed by atoms with Crippen molar-refractivity contribution < 1.29 is 9.53 Å². The maximum absolute atomic E-state index is 12.9. The second kappa shape index (κ2) is 8.07. The molecule has 1 aromatic heterocycles. The number of aromatic nitrogens is 2. The van der Waals surface area contributed by atoms with Crippen LogP contribution in [0.3, 0.4) is 0 Å². The Labute approximate surface area is 148 Å². The van der Waals surface area contributed by atoms with E-state index in [9.17, 15) is 4.79 Å². The van der Waals surface area contributed by atoms with Gasteiger partial charge in [0.25, 0.3) is 5.91 Å². The van der Waals surface area contributed by atoms with Gasteiger partial charge in [-0.25, -0.2) is 9.97 Å². The van der Waals surface area contributed by atoms with Crippen molar-refractivity contribution in [3.05, 3.63) is 42.1 Å². The fraction of sp³-hybridized carbons (Fsp3) is 0.421. The third-order valence-corrected chi connectivity index (χ3v) is 4.30. The number of nitrogen functional groups attached to an aromatic ring is 1. The minimum absolute atomic E-state index is 0.0358. The average molecular weight is 340 g/mol. The molecule has 0 aliphatic carbocycles. The standard InChI is InChI=1S/C19H24N4O2/c1-2-11-25-16-7-4-10-23(13-16)18(24)15-6-3-5-14(12-15)17-8-9-21-19(20)22-17/h3,5-6,8-9,12,16H,2,4,7,10-11,13H2,1H3,(H2,20,21,22). The zero-order chi connectivity index (χ0) is 17.6. The fourth-order valence-electron chi connectivity index (χ4n) is 3.07. The number of amides is 1. The van der Waals surface area contributed by atoms with Crippen LogP contribution >= 0.6 is 0 Å². The minimum Gasteiger partial charge on any atom is -0.376 e. The van der Waals surface area contributed by atoms with E-state index < -0.39 is 0 Å². The van der Waals surface area contributed by atoms with Crippen LogP contribution in [0.5, 0.6) is 0 Å². The highest BCUT2D eigenvalue weighted by Crippen LogP contribution is 2.21. The van der Waals surface area contributed by atoms with Crippen LogP contribution in [0, 0.1) is 0 Å². The summed E-state index contributed by atoms with van der Waals surface area (Å²) in [6, 6.07) is 9.28. The molecule has 2 N–H and O–H groups in total. The van der Waals surface area contributed by atoms with E-state index >= 15 is 0 Å². The Balaban J connectivity index is 1.75. The van der Waals surface area contributed by atoms with Gasteiger partial charge in [-0.15, -0.1) is 0 Å². The predicted octanol–water partition coefficient (Wildman–Crippen LogP) is 2.76. The highest BCUT2D eigenvalue weighted by molar-refractivity contribution is 5.95. The van der Waals surface area contributed by atoms with Crippen molar-refractivity contribution in [2.45, 2.75) is 32.3 Å². The monoisotopic (exact) mass is 340 g/mol. The molecular formula is C19H24N4O2. The summed E-state index contributed by atoms with van der Waals surface area (Å²) in [5.74, 6) is 0.259. The smallest absolute Gasteiger partial charge is 0.253 e. The molecule has 1 unspecified atom stereocenters. The van der Waals surface area contributed by atoms with E-state index in [0.717, 1.165) is 38.0 Å². The number of ether oxygens (including phenoxy) is 1. The molecule has 0 radical (unpaired) electrons. The lowest BCUT2D eigenvalue weighted by Gasteiger charge is -2.32. The summed E-state index contributed by atoms with van der Waals surface area (Å²) >= 11 is 0. The quantitative estimate of drug-likeness (QED) is 0.905. The third kappa shape index (κ3) is 4.33. The first-order valence-corrected chi connectivity index (χ1v) is 8.77. The van der Waals surface area contributed by atoms with E-state index in [4.69, 9.17) is 10.5 Å². The van der Waals surface area contributed by atoms with Crippen molar-refractivity contribution in [1.29, 1.82) is 0 Å². The van der Waals surface area contributed by atoms with Crippen LogP contribution in [0.15, 0.2) is 36.5 Å². The van der Waals surface area contributed by atoms with Crippen LogP contribution < -0.4 is 5.73 Å². The lowest BCUT2D eigenvalue weighted by molar-refractivity contribution is 0.00211. The van der Waals surface area contributed by atoms with Crippen LogP contribution in [-0.4, -0.2) is 46.6 Å². The van der Waals surface area contributed by atoms with Crippen molar-refractivity contribution in [3.8, 4) is 11.3 Å². The number of rotatable bonds is 5. The summed E-state index contributed by atoms with van der Waals surface area (Å²) in [6.45, 7) is 4.27. The fourth-order valence-corrected chi connectivity index (χ4v) is 3.07. The van der Waals surface area contributed by atoms with Crippen molar-refractivity contribution in [2.24, 2.45) is 0 Å². The van der Waals surface area contributed by atoms with Gasteiger partial charge in [0.05, 0.1) is 11.8 Å². The number of anilines is 1. The second-order valence-corrected chi connectivity index (χ2v) is 6.27. The summed E-state index contributed by atoms with van der Waals surface area (Å²) in [4.78, 5) is 22.9. The highest BCUT2D eigenvalue weighted by atomic mass is 16.5. The number of benzene rings is 1. The van der Waals surface area contributed by atoms with Gasteiger partial charge in [0.15, 0.2) is 0 Å². The van der Waals surface area contributed by atoms with E-state index in [2.05, 4.69) is 16.9 Å². The van der Waals surface area contributed by atoms with E-state index in [1.807, 2.05) is 29.2 Å². The van der Waals surface area contributed by atoms with Crippen LogP contribution in [-0.2, 0) is 4.74 Å². The lowest BCUT2D eigenvalue weighted by atomic mass is 10.0. The number of carbonyl (C=O) groups is 1. The molecule has 1 aliphatic heterocycles. The topological polar surface area (TPSA) is 81.3 Å². The normalized spacial score (nSPS) is 17.5. The van der Waals surface area contributed by atoms with Gasteiger partial charge in [0.1, 0.15) is 0 Å². The molecule has 1 aliphatic rings. The predicted molar refractivity (Wildman–Crippen MR) is 97.0 cm³/mol. The lowest BCUT2D eigenvalue weighted by Crippen LogP contribution is -2.43. The van der Waals surface area contributed by atoms with Crippen molar-refractivity contribution in [3.63, 3.8) is 0 Å². The Hall–Kier alpha value is -2.47. The van der Waals surface area contributed by atoms with E-state index in [1.165, 1.54) is 0 Å². The Kier molecular flexibility index (Phi) is 5.60. The van der Waals surface area contributed by atoms with Crippen LogP contribution in [0.25, 0.3) is 11.3 Å². The minimum atomic E-state index is 0.0358. The first kappa shape index (κ1) is 17.4. The summed E-state index contributed by atoms with van der Waals surface area (Å²) < 4.78 is 5.83. The van der Waals surface area contributed by atoms with Gasteiger partial charge >= 0.3 is 0 Å². The Bertz CT molecular complexity index is 735. The molecule has 1 fully saturated rings.